The summed E-state index contributed by atoms with van der Waals surface area (Å²) in [6.45, 7) is 6.53. The molecule has 1 atom stereocenters. The number of halogens is 1. The Morgan fingerprint density at radius 3 is 2.55 bits per heavy atom. The summed E-state index contributed by atoms with van der Waals surface area (Å²) in [5.74, 6) is 0.891. The topological polar surface area (TPSA) is 32.8 Å². The van der Waals surface area contributed by atoms with Crippen LogP contribution < -0.4 is 0 Å². The van der Waals surface area contributed by atoms with Gasteiger partial charge < -0.3 is 9.64 Å². The number of carbonyl (C=O) groups is 1. The molecule has 2 aliphatic rings. The lowest BCUT2D eigenvalue weighted by atomic mass is 10.1. The molecule has 2 saturated heterocycles. The molecule has 2 heterocycles. The van der Waals surface area contributed by atoms with Crippen LogP contribution in [0, 0.1) is 5.92 Å². The Morgan fingerprint density at radius 1 is 1.18 bits per heavy atom. The van der Waals surface area contributed by atoms with E-state index in [-0.39, 0.29) is 5.91 Å². The molecular weight excluding hydrogens is 300 g/mol. The average Bonchev–Trinajstić information content (AvgIpc) is 3.03. The summed E-state index contributed by atoms with van der Waals surface area (Å²) in [5, 5.41) is 0.709. The Hall–Kier alpha value is -1.10. The van der Waals surface area contributed by atoms with Crippen LogP contribution in [0.3, 0.4) is 0 Å². The molecule has 0 saturated carbocycles. The molecule has 5 heteroatoms. The van der Waals surface area contributed by atoms with Gasteiger partial charge in [0.05, 0.1) is 13.0 Å². The zero-order valence-corrected chi connectivity index (χ0v) is 13.6. The van der Waals surface area contributed by atoms with Crippen molar-refractivity contribution in [2.45, 2.75) is 12.8 Å². The van der Waals surface area contributed by atoms with Gasteiger partial charge in [-0.25, -0.2) is 0 Å². The minimum Gasteiger partial charge on any atom is -0.381 e. The third-order valence-electron chi connectivity index (χ3n) is 4.53. The second-order valence-electron chi connectivity index (χ2n) is 6.21. The van der Waals surface area contributed by atoms with Crippen molar-refractivity contribution in [1.82, 2.24) is 9.80 Å². The lowest BCUT2D eigenvalue weighted by molar-refractivity contribution is -0.132. The molecule has 0 unspecified atom stereocenters. The van der Waals surface area contributed by atoms with Crippen LogP contribution in [0.4, 0.5) is 0 Å². The molecule has 0 N–H and O–H groups in total. The first kappa shape index (κ1) is 15.8. The van der Waals surface area contributed by atoms with E-state index in [2.05, 4.69) is 4.90 Å². The van der Waals surface area contributed by atoms with Crippen molar-refractivity contribution < 1.29 is 9.53 Å². The molecule has 2 aliphatic heterocycles. The maximum absolute atomic E-state index is 12.4. The largest absolute Gasteiger partial charge is 0.381 e. The first-order valence-electron chi connectivity index (χ1n) is 8.03. The molecular formula is C17H23ClN2O2. The summed E-state index contributed by atoms with van der Waals surface area (Å²) in [6, 6.07) is 7.53. The van der Waals surface area contributed by atoms with Gasteiger partial charge in [0.25, 0.3) is 0 Å². The Labute approximate surface area is 137 Å². The molecule has 0 aromatic heterocycles. The van der Waals surface area contributed by atoms with E-state index in [9.17, 15) is 4.79 Å². The number of piperazine rings is 1. The Kier molecular flexibility index (Phi) is 5.34. The van der Waals surface area contributed by atoms with Crippen molar-refractivity contribution in [3.8, 4) is 0 Å². The maximum Gasteiger partial charge on any atom is 0.227 e. The first-order chi connectivity index (χ1) is 10.7. The smallest absolute Gasteiger partial charge is 0.227 e. The molecule has 1 aromatic rings. The quantitative estimate of drug-likeness (QED) is 0.850. The van der Waals surface area contributed by atoms with Gasteiger partial charge in [0.15, 0.2) is 0 Å². The molecule has 0 bridgehead atoms. The molecule has 1 aromatic carbocycles. The number of ether oxygens (including phenoxy) is 1. The van der Waals surface area contributed by atoms with E-state index in [1.165, 1.54) is 6.42 Å². The van der Waals surface area contributed by atoms with E-state index < -0.39 is 0 Å². The second-order valence-corrected chi connectivity index (χ2v) is 6.65. The van der Waals surface area contributed by atoms with E-state index in [0.717, 1.165) is 51.5 Å². The maximum atomic E-state index is 12.4. The minimum absolute atomic E-state index is 0.214. The van der Waals surface area contributed by atoms with Crippen molar-refractivity contribution in [3.05, 3.63) is 34.9 Å². The number of nitrogens with zero attached hydrogens (tertiary/aromatic N) is 2. The highest BCUT2D eigenvalue weighted by Gasteiger charge is 2.24. The number of benzene rings is 1. The standard InChI is InChI=1S/C17H23ClN2O2/c18-16-3-1-14(2-4-16)11-17(21)20-8-6-19(7-9-20)12-15-5-10-22-13-15/h1-4,15H,5-13H2/t15-/m1/s1. The van der Waals surface area contributed by atoms with E-state index in [1.54, 1.807) is 0 Å². The summed E-state index contributed by atoms with van der Waals surface area (Å²) >= 11 is 5.87. The lowest BCUT2D eigenvalue weighted by Gasteiger charge is -2.35. The third kappa shape index (κ3) is 4.22. The lowest BCUT2D eigenvalue weighted by Crippen LogP contribution is -2.50. The Morgan fingerprint density at radius 2 is 1.91 bits per heavy atom. The fourth-order valence-corrected chi connectivity index (χ4v) is 3.29. The Bertz CT molecular complexity index is 492. The molecule has 3 rings (SSSR count). The summed E-state index contributed by atoms with van der Waals surface area (Å²) in [6.07, 6.45) is 1.64. The molecule has 22 heavy (non-hydrogen) atoms. The van der Waals surface area contributed by atoms with Crippen LogP contribution in [0.25, 0.3) is 0 Å². The van der Waals surface area contributed by atoms with Gasteiger partial charge in [-0.2, -0.15) is 0 Å². The van der Waals surface area contributed by atoms with Crippen LogP contribution in [-0.4, -0.2) is 61.6 Å². The molecule has 0 spiro atoms. The monoisotopic (exact) mass is 322 g/mol. The molecule has 120 valence electrons. The van der Waals surface area contributed by atoms with Crippen LogP contribution in [0.2, 0.25) is 5.02 Å². The molecule has 2 fully saturated rings. The highest BCUT2D eigenvalue weighted by molar-refractivity contribution is 6.30. The van der Waals surface area contributed by atoms with Gasteiger partial charge in [-0.1, -0.05) is 23.7 Å². The zero-order chi connectivity index (χ0) is 15.4. The third-order valence-corrected chi connectivity index (χ3v) is 4.79. The highest BCUT2D eigenvalue weighted by Crippen LogP contribution is 2.16. The summed E-state index contributed by atoms with van der Waals surface area (Å²) in [5.41, 5.74) is 1.03. The van der Waals surface area contributed by atoms with Gasteiger partial charge in [0, 0.05) is 44.4 Å². The van der Waals surface area contributed by atoms with E-state index in [4.69, 9.17) is 16.3 Å². The van der Waals surface area contributed by atoms with Crippen molar-refractivity contribution in [2.24, 2.45) is 5.92 Å². The van der Waals surface area contributed by atoms with Crippen LogP contribution in [-0.2, 0) is 16.0 Å². The summed E-state index contributed by atoms with van der Waals surface area (Å²) in [7, 11) is 0. The predicted octanol–water partition coefficient (Wildman–Crippen LogP) is 2.06. The van der Waals surface area contributed by atoms with E-state index in [0.29, 0.717) is 17.4 Å². The number of amides is 1. The Balaban J connectivity index is 1.44. The van der Waals surface area contributed by atoms with Gasteiger partial charge in [0.1, 0.15) is 0 Å². The van der Waals surface area contributed by atoms with Gasteiger partial charge in [-0.05, 0) is 30.0 Å². The zero-order valence-electron chi connectivity index (χ0n) is 12.8. The highest BCUT2D eigenvalue weighted by atomic mass is 35.5. The fourth-order valence-electron chi connectivity index (χ4n) is 3.16. The summed E-state index contributed by atoms with van der Waals surface area (Å²) < 4.78 is 5.43. The first-order valence-corrected chi connectivity index (χ1v) is 8.41. The second kappa shape index (κ2) is 7.44. The van der Waals surface area contributed by atoms with Crippen molar-refractivity contribution in [2.75, 3.05) is 45.9 Å². The van der Waals surface area contributed by atoms with E-state index >= 15 is 0 Å². The van der Waals surface area contributed by atoms with Crippen LogP contribution in [0.5, 0.6) is 0 Å². The molecule has 4 nitrogen and oxygen atoms in total. The van der Waals surface area contributed by atoms with Crippen LogP contribution >= 0.6 is 11.6 Å². The average molecular weight is 323 g/mol. The SMILES string of the molecule is O=C(Cc1ccc(Cl)cc1)N1CCN(C[C@H]2CCOC2)CC1. The predicted molar refractivity (Wildman–Crippen MR) is 87.1 cm³/mol. The van der Waals surface area contributed by atoms with E-state index in [1.807, 2.05) is 29.2 Å². The summed E-state index contributed by atoms with van der Waals surface area (Å²) in [4.78, 5) is 16.8. The normalized spacial score (nSPS) is 23.0. The van der Waals surface area contributed by atoms with Gasteiger partial charge in [-0.3, -0.25) is 9.69 Å². The number of rotatable bonds is 4. The van der Waals surface area contributed by atoms with Gasteiger partial charge in [0.2, 0.25) is 5.91 Å². The number of carbonyl (C=O) groups excluding carboxylic acids is 1. The fraction of sp³-hybridized carbons (Fsp3) is 0.588. The van der Waals surface area contributed by atoms with Crippen molar-refractivity contribution in [1.29, 1.82) is 0 Å². The van der Waals surface area contributed by atoms with Gasteiger partial charge in [-0.15, -0.1) is 0 Å². The van der Waals surface area contributed by atoms with Crippen molar-refractivity contribution >= 4 is 17.5 Å². The number of hydrogen-bond donors (Lipinski definition) is 0. The van der Waals surface area contributed by atoms with Crippen molar-refractivity contribution in [3.63, 3.8) is 0 Å². The van der Waals surface area contributed by atoms with Crippen LogP contribution in [0.1, 0.15) is 12.0 Å². The van der Waals surface area contributed by atoms with Gasteiger partial charge >= 0.3 is 0 Å². The minimum atomic E-state index is 0.214. The number of hydrogen-bond acceptors (Lipinski definition) is 3. The molecule has 0 aliphatic carbocycles. The molecule has 1 amide bonds. The van der Waals surface area contributed by atoms with Crippen LogP contribution in [0.15, 0.2) is 24.3 Å². The molecule has 0 radical (unpaired) electrons.